The highest BCUT2D eigenvalue weighted by Crippen LogP contribution is 2.44. The molecule has 0 heterocycles. The van der Waals surface area contributed by atoms with E-state index in [0.29, 0.717) is 16.6 Å². The number of hydrogen-bond acceptors (Lipinski definition) is 4. The highest BCUT2D eigenvalue weighted by Gasteiger charge is 2.47. The number of hydrogen-bond donors (Lipinski definition) is 0. The molecule has 0 aliphatic carbocycles. The Bertz CT molecular complexity index is 479. The number of thioether (sulfide) groups is 1. The van der Waals surface area contributed by atoms with Gasteiger partial charge in [-0.15, -0.1) is 11.8 Å². The lowest BCUT2D eigenvalue weighted by molar-refractivity contribution is -0.140. The molecule has 0 fully saturated rings. The van der Waals surface area contributed by atoms with Crippen LogP contribution in [-0.4, -0.2) is 27.1 Å². The third-order valence-corrected chi connectivity index (χ3v) is 13.2. The molecule has 0 aromatic heterocycles. The van der Waals surface area contributed by atoms with Crippen molar-refractivity contribution < 1.29 is 14.0 Å². The fourth-order valence-corrected chi connectivity index (χ4v) is 10.7. The van der Waals surface area contributed by atoms with Crippen molar-refractivity contribution in [2.75, 3.05) is 12.9 Å². The van der Waals surface area contributed by atoms with Gasteiger partial charge >= 0.3 is 5.97 Å². The van der Waals surface area contributed by atoms with E-state index >= 15 is 0 Å². The molecule has 30 heavy (non-hydrogen) atoms. The Morgan fingerprint density at radius 2 is 1.30 bits per heavy atom. The van der Waals surface area contributed by atoms with Crippen molar-refractivity contribution in [2.24, 2.45) is 0 Å². The lowest BCUT2D eigenvalue weighted by Gasteiger charge is -2.43. The van der Waals surface area contributed by atoms with Gasteiger partial charge < -0.3 is 9.16 Å². The highest BCUT2D eigenvalue weighted by molar-refractivity contribution is 8.02. The van der Waals surface area contributed by atoms with E-state index in [1.807, 2.05) is 0 Å². The van der Waals surface area contributed by atoms with Gasteiger partial charge in [0.05, 0.1) is 0 Å². The molecule has 0 bridgehead atoms. The van der Waals surface area contributed by atoms with Crippen LogP contribution in [0, 0.1) is 0 Å². The lowest BCUT2D eigenvalue weighted by atomic mass is 10.1. The fourth-order valence-electron chi connectivity index (χ4n) is 4.68. The molecule has 0 rings (SSSR count). The molecule has 0 aromatic rings. The summed E-state index contributed by atoms with van der Waals surface area (Å²) in [4.78, 5) is 12.8. The summed E-state index contributed by atoms with van der Waals surface area (Å²) in [6.07, 6.45) is 13.7. The minimum absolute atomic E-state index is 0.241. The second kappa shape index (κ2) is 16.2. The van der Waals surface area contributed by atoms with Crippen molar-refractivity contribution >= 4 is 26.0 Å². The molecule has 0 aliphatic rings. The maximum atomic E-state index is 11.5. The van der Waals surface area contributed by atoms with E-state index in [1.54, 1.807) is 11.8 Å². The lowest BCUT2D eigenvalue weighted by Crippen LogP contribution is -2.48. The van der Waals surface area contributed by atoms with Crippen molar-refractivity contribution in [1.82, 2.24) is 0 Å². The Balaban J connectivity index is 5.30. The number of esters is 1. The molecule has 0 unspecified atom stereocenters. The van der Waals surface area contributed by atoms with Crippen molar-refractivity contribution in [3.05, 3.63) is 10.7 Å². The van der Waals surface area contributed by atoms with Gasteiger partial charge in [-0.1, -0.05) is 93.4 Å². The molecule has 0 radical (unpaired) electrons. The maximum absolute atomic E-state index is 11.5. The van der Waals surface area contributed by atoms with Gasteiger partial charge in [-0.3, -0.25) is 4.79 Å². The van der Waals surface area contributed by atoms with Crippen molar-refractivity contribution in [3.63, 3.8) is 0 Å². The summed E-state index contributed by atoms with van der Waals surface area (Å²) in [5, 5.41) is 0. The average Bonchev–Trinajstić information content (AvgIpc) is 2.66. The Morgan fingerprint density at radius 3 is 1.70 bits per heavy atom. The van der Waals surface area contributed by atoms with Crippen molar-refractivity contribution in [1.29, 1.82) is 0 Å². The van der Waals surface area contributed by atoms with E-state index in [-0.39, 0.29) is 12.6 Å². The van der Waals surface area contributed by atoms with Crippen molar-refractivity contribution in [3.8, 4) is 0 Å². The van der Waals surface area contributed by atoms with Gasteiger partial charge in [0, 0.05) is 11.8 Å². The standard InChI is InChI=1S/C25H50O3SSi/c1-10-11-12-13-14-15-16-17-18-25(29-9)24(19-27-23(8)26)28-30(20(2)3,21(4)5)22(6)7/h20-22H,10-19H2,1-9H3/b25-24+. The molecule has 0 saturated carbocycles. The van der Waals surface area contributed by atoms with Crippen LogP contribution in [0.15, 0.2) is 10.7 Å². The van der Waals surface area contributed by atoms with Gasteiger partial charge in [0.1, 0.15) is 12.4 Å². The topological polar surface area (TPSA) is 35.5 Å². The molecule has 0 saturated heterocycles. The number of carbonyl (C=O) groups excluding carboxylic acids is 1. The first kappa shape index (κ1) is 29.6. The maximum Gasteiger partial charge on any atom is 0.303 e. The molecule has 3 nitrogen and oxygen atoms in total. The quantitative estimate of drug-likeness (QED) is 0.0943. The molecular weight excluding hydrogens is 408 g/mol. The minimum atomic E-state index is -2.08. The third-order valence-electron chi connectivity index (χ3n) is 6.23. The SMILES string of the molecule is CCCCCCCCCC/C(SC)=C(/COC(C)=O)O[Si](C(C)C)(C(C)C)C(C)C. The van der Waals surface area contributed by atoms with Gasteiger partial charge in [-0.2, -0.15) is 0 Å². The van der Waals surface area contributed by atoms with E-state index in [2.05, 4.69) is 54.7 Å². The molecule has 0 aliphatic heterocycles. The second-order valence-electron chi connectivity index (χ2n) is 9.48. The zero-order chi connectivity index (χ0) is 23.2. The summed E-state index contributed by atoms with van der Waals surface area (Å²) in [5.74, 6) is 0.679. The summed E-state index contributed by atoms with van der Waals surface area (Å²) in [5.41, 5.74) is 1.49. The van der Waals surface area contributed by atoms with Gasteiger partial charge in [0.2, 0.25) is 0 Å². The van der Waals surface area contributed by atoms with Gasteiger partial charge in [0.15, 0.2) is 0 Å². The van der Waals surface area contributed by atoms with Crippen LogP contribution in [0.2, 0.25) is 16.6 Å². The Kier molecular flexibility index (Phi) is 16.0. The molecule has 178 valence electrons. The number of unbranched alkanes of at least 4 members (excludes halogenated alkanes) is 7. The highest BCUT2D eigenvalue weighted by atomic mass is 32.2. The van der Waals surface area contributed by atoms with Crippen LogP contribution in [0.3, 0.4) is 0 Å². The van der Waals surface area contributed by atoms with Crippen LogP contribution >= 0.6 is 11.8 Å². The molecule has 0 N–H and O–H groups in total. The average molecular weight is 459 g/mol. The Morgan fingerprint density at radius 1 is 0.833 bits per heavy atom. The second-order valence-corrected chi connectivity index (χ2v) is 15.8. The first-order chi connectivity index (χ1) is 14.1. The summed E-state index contributed by atoms with van der Waals surface area (Å²) in [7, 11) is -2.08. The van der Waals surface area contributed by atoms with E-state index in [4.69, 9.17) is 9.16 Å². The number of carbonyl (C=O) groups is 1. The normalized spacial score (nSPS) is 13.2. The third kappa shape index (κ3) is 10.3. The fraction of sp³-hybridized carbons (Fsp3) is 0.880. The molecule has 5 heteroatoms. The van der Waals surface area contributed by atoms with Crippen molar-refractivity contribution in [2.45, 2.75) is 130 Å². The molecular formula is C25H50O3SSi. The van der Waals surface area contributed by atoms with Gasteiger partial charge in [-0.25, -0.2) is 0 Å². The van der Waals surface area contributed by atoms with E-state index in [0.717, 1.165) is 12.2 Å². The van der Waals surface area contributed by atoms with E-state index in [9.17, 15) is 4.79 Å². The minimum Gasteiger partial charge on any atom is -0.543 e. The predicted molar refractivity (Wildman–Crippen MR) is 137 cm³/mol. The number of allylic oxidation sites excluding steroid dienone is 1. The Labute approximate surface area is 193 Å². The van der Waals surface area contributed by atoms with Crippen LogP contribution in [0.1, 0.15) is 113 Å². The Hall–Kier alpha value is -0.423. The van der Waals surface area contributed by atoms with Crippen LogP contribution < -0.4 is 0 Å². The molecule has 0 atom stereocenters. The van der Waals surface area contributed by atoms with Crippen LogP contribution in [-0.2, 0) is 14.0 Å². The van der Waals surface area contributed by atoms with E-state index < -0.39 is 8.32 Å². The molecule has 0 aromatic carbocycles. The van der Waals surface area contributed by atoms with E-state index in [1.165, 1.54) is 63.2 Å². The largest absolute Gasteiger partial charge is 0.543 e. The predicted octanol–water partition coefficient (Wildman–Crippen LogP) is 8.85. The molecule has 0 spiro atoms. The number of rotatable bonds is 17. The zero-order valence-electron chi connectivity index (χ0n) is 21.4. The van der Waals surface area contributed by atoms with Crippen LogP contribution in [0.25, 0.3) is 0 Å². The van der Waals surface area contributed by atoms with Gasteiger partial charge in [-0.05, 0) is 35.7 Å². The van der Waals surface area contributed by atoms with Crippen LogP contribution in [0.5, 0.6) is 0 Å². The monoisotopic (exact) mass is 458 g/mol. The summed E-state index contributed by atoms with van der Waals surface area (Å²) in [6.45, 7) is 17.8. The number of ether oxygens (including phenoxy) is 1. The van der Waals surface area contributed by atoms with Gasteiger partial charge in [0.25, 0.3) is 8.32 Å². The smallest absolute Gasteiger partial charge is 0.303 e. The summed E-state index contributed by atoms with van der Waals surface area (Å²) >= 11 is 1.77. The first-order valence-electron chi connectivity index (χ1n) is 12.2. The zero-order valence-corrected chi connectivity index (χ0v) is 23.3. The summed E-state index contributed by atoms with van der Waals surface area (Å²) < 4.78 is 12.4. The summed E-state index contributed by atoms with van der Waals surface area (Å²) in [6, 6.07) is 0. The van der Waals surface area contributed by atoms with Crippen LogP contribution in [0.4, 0.5) is 0 Å². The molecule has 0 amide bonds. The first-order valence-corrected chi connectivity index (χ1v) is 15.6.